The highest BCUT2D eigenvalue weighted by molar-refractivity contribution is 6.74. The molecule has 2 heterocycles. The summed E-state index contributed by atoms with van der Waals surface area (Å²) in [5.74, 6) is 8.03. The number of allylic oxidation sites excluding steroid dienone is 13. The first-order valence-corrected chi connectivity index (χ1v) is 53.0. The van der Waals surface area contributed by atoms with Gasteiger partial charge in [-0.2, -0.15) is 0 Å². The third-order valence-electron chi connectivity index (χ3n) is 33.2. The lowest BCUT2D eigenvalue weighted by atomic mass is 9.61. The second-order valence-electron chi connectivity index (χ2n) is 43.2. The summed E-state index contributed by atoms with van der Waals surface area (Å²) in [7, 11) is -3.90. The zero-order valence-electron chi connectivity index (χ0n) is 77.1. The molecule has 11 saturated carbocycles. The fourth-order valence-corrected chi connectivity index (χ4v) is 25.9. The van der Waals surface area contributed by atoms with Crippen LogP contribution in [0.15, 0.2) is 164 Å². The Bertz CT molecular complexity index is 3950. The van der Waals surface area contributed by atoms with Crippen molar-refractivity contribution in [2.24, 2.45) is 69.5 Å². The van der Waals surface area contributed by atoms with Crippen molar-refractivity contribution < 1.29 is 53.1 Å². The summed E-state index contributed by atoms with van der Waals surface area (Å²) in [6, 6.07) is 0. The van der Waals surface area contributed by atoms with Gasteiger partial charge in [-0.25, -0.2) is 9.97 Å². The molecule has 2 aromatic rings. The van der Waals surface area contributed by atoms with Crippen LogP contribution in [0.1, 0.15) is 306 Å². The fraction of sp³-hybridized carbons (Fsp3) is 0.702. The molecule has 11 fully saturated rings. The summed E-state index contributed by atoms with van der Waals surface area (Å²) in [6.45, 7) is 55.0. The summed E-state index contributed by atoms with van der Waals surface area (Å²) in [5.41, 5.74) is 10.7. The molecule has 0 saturated heterocycles. The lowest BCUT2D eigenvalue weighted by Crippen LogP contribution is -2.49. The molecule has 0 aromatic carbocycles. The Morgan fingerprint density at radius 2 is 0.866 bits per heavy atom. The van der Waals surface area contributed by atoms with Crippen LogP contribution in [0.4, 0.5) is 0 Å². The third-order valence-corrected chi connectivity index (χ3v) is 42.2. The number of aldehydes is 1. The minimum atomic E-state index is -1.97. The molecule has 20 atom stereocenters. The van der Waals surface area contributed by atoms with Crippen molar-refractivity contribution in [2.45, 2.75) is 392 Å². The highest BCUT2D eigenvalue weighted by Gasteiger charge is 2.58. The molecule has 11 aliphatic rings. The summed E-state index contributed by atoms with van der Waals surface area (Å²) in [5, 5.41) is 63.5. The van der Waals surface area contributed by atoms with Crippen LogP contribution in [-0.4, -0.2) is 112 Å². The van der Waals surface area contributed by atoms with E-state index in [9.17, 15) is 35.4 Å². The lowest BCUT2D eigenvalue weighted by Gasteiger charge is -2.45. The van der Waals surface area contributed by atoms with Gasteiger partial charge in [-0.1, -0.05) is 213 Å². The van der Waals surface area contributed by atoms with E-state index in [1.807, 2.05) is 24.5 Å². The summed E-state index contributed by atoms with van der Waals surface area (Å²) in [4.78, 5) is 20.1. The van der Waals surface area contributed by atoms with E-state index in [0.717, 1.165) is 136 Å². The average Bonchev–Trinajstić information content (AvgIpc) is 1.61. The number of fused-ring (bicyclic) bond motifs is 3. The van der Waals surface area contributed by atoms with E-state index < -0.39 is 53.3 Å². The van der Waals surface area contributed by atoms with Gasteiger partial charge in [0.25, 0.3) is 0 Å². The van der Waals surface area contributed by atoms with Crippen molar-refractivity contribution >= 4 is 22.9 Å². The van der Waals surface area contributed by atoms with Gasteiger partial charge in [0.1, 0.15) is 17.8 Å². The normalized spacial score (nSPS) is 35.0. The number of hydrogen-bond acceptors (Lipinski definition) is 13. The van der Waals surface area contributed by atoms with Gasteiger partial charge >= 0.3 is 0 Å². The maximum atomic E-state index is 11.2. The summed E-state index contributed by atoms with van der Waals surface area (Å²) in [6.07, 6.45) is 59.3. The quantitative estimate of drug-likeness (QED) is 0.0224. The number of nitrogens with zero attached hydrogens (tertiary/aromatic N) is 2. The molecule has 0 unspecified atom stereocenters. The standard InChI is InChI=1S/C36H62O3Si2.2C34H49NO4/c1-26(16-15-23-37)31-20-21-32-28(17-14-22-36(31,32)9)18-19-29-24-30(38-40(10,11)34(3,4)5)25-33(27(29)2)39-41(12,13)35(6,7)8;2*1-5-6-9-27-21-35-32(39-27)34(17-18-34)31(38)15-10-22(2)28-13-14-29-24(8-7-16-33(28,29)4)11-12-25-19-26(36)20-30(37)23(25)3/h15-16,18-19,23,26,30-33H,2,14,17,20-22,24-25H2,1,3-13H3;2*10-12,15,21-22,26,28-31,36-38H,3,5-9,13-14,16-20H2,1-2,4H3/b16-15+,28-18+,29-19-;2*15-10+,24-11+,25-12-/t26-,30+,31+,32-,33-,36+;22-,26+,28+,29-,30-,31+,33+;22-,26+,28+,29-,30-,31-,33+/m000/s1. The van der Waals surface area contributed by atoms with E-state index in [4.69, 9.17) is 17.7 Å². The zero-order valence-corrected chi connectivity index (χ0v) is 79.1. The second kappa shape index (κ2) is 38.9. The molecule has 119 heavy (non-hydrogen) atoms. The molecule has 0 radical (unpaired) electrons. The van der Waals surface area contributed by atoms with Crippen LogP contribution in [0.2, 0.25) is 36.3 Å². The van der Waals surface area contributed by atoms with Crippen LogP contribution in [0.5, 0.6) is 0 Å². The third kappa shape index (κ3) is 21.3. The molecule has 13 nitrogen and oxygen atoms in total. The van der Waals surface area contributed by atoms with Gasteiger partial charge in [0.2, 0.25) is 11.8 Å². The topological polar surface area (TPSA) is 209 Å². The first kappa shape index (κ1) is 94.8. The van der Waals surface area contributed by atoms with Gasteiger partial charge in [0.15, 0.2) is 16.6 Å². The van der Waals surface area contributed by atoms with Crippen LogP contribution in [0.3, 0.4) is 0 Å². The Morgan fingerprint density at radius 1 is 0.504 bits per heavy atom. The minimum absolute atomic E-state index is 0.0157. The largest absolute Gasteiger partial charge is 0.445 e. The number of aryl methyl sites for hydroxylation is 2. The highest BCUT2D eigenvalue weighted by atomic mass is 28.4. The molecule has 660 valence electrons. The van der Waals surface area contributed by atoms with Crippen molar-refractivity contribution in [2.75, 3.05) is 0 Å². The Kier molecular flexibility index (Phi) is 31.0. The molecule has 13 rings (SSSR count). The van der Waals surface area contributed by atoms with Gasteiger partial charge in [0, 0.05) is 32.1 Å². The molecule has 0 amide bonds. The Morgan fingerprint density at radius 3 is 1.22 bits per heavy atom. The van der Waals surface area contributed by atoms with E-state index >= 15 is 0 Å². The van der Waals surface area contributed by atoms with E-state index in [2.05, 4.69) is 208 Å². The molecule has 6 N–H and O–H groups in total. The predicted octanol–water partition coefficient (Wildman–Crippen LogP) is 24.1. The molecule has 15 heteroatoms. The number of aliphatic hydroxyl groups excluding tert-OH is 6. The number of carbonyl (C=O) groups is 1. The molecule has 11 aliphatic carbocycles. The molecule has 0 spiro atoms. The van der Waals surface area contributed by atoms with Gasteiger partial charge in [0.05, 0.1) is 72.1 Å². The lowest BCUT2D eigenvalue weighted by molar-refractivity contribution is -0.104. The average molecular weight is 1670 g/mol. The number of carbonyl (C=O) groups excluding carboxylic acids is 1. The van der Waals surface area contributed by atoms with Crippen molar-refractivity contribution in [1.29, 1.82) is 0 Å². The first-order chi connectivity index (χ1) is 56.1. The highest BCUT2D eigenvalue weighted by Crippen LogP contribution is 2.64. The van der Waals surface area contributed by atoms with Gasteiger partial charge in [-0.3, -0.25) is 4.79 Å². The Balaban J connectivity index is 0.000000175. The number of oxazole rings is 2. The van der Waals surface area contributed by atoms with Crippen molar-refractivity contribution in [3.05, 3.63) is 179 Å². The first-order valence-electron chi connectivity index (χ1n) is 47.2. The Hall–Kier alpha value is -4.92. The van der Waals surface area contributed by atoms with E-state index in [1.54, 1.807) is 11.6 Å². The summed E-state index contributed by atoms with van der Waals surface area (Å²) < 4.78 is 26.2. The maximum Gasteiger partial charge on any atom is 0.203 e. The van der Waals surface area contributed by atoms with Gasteiger partial charge < -0.3 is 48.3 Å². The van der Waals surface area contributed by atoms with Gasteiger partial charge in [-0.05, 0) is 299 Å². The second-order valence-corrected chi connectivity index (χ2v) is 52.7. The smallest absolute Gasteiger partial charge is 0.203 e. The number of aromatic nitrogens is 2. The van der Waals surface area contributed by atoms with Crippen molar-refractivity contribution in [3.8, 4) is 0 Å². The number of aliphatic hydroxyl groups is 6. The monoisotopic (exact) mass is 1670 g/mol. The van der Waals surface area contributed by atoms with E-state index in [1.165, 1.54) is 100 Å². The van der Waals surface area contributed by atoms with Crippen molar-refractivity contribution in [3.63, 3.8) is 0 Å². The van der Waals surface area contributed by atoms with Crippen LogP contribution in [-0.2, 0) is 37.3 Å². The molecule has 0 bridgehead atoms. The molecule has 0 aliphatic heterocycles. The molecular weight excluding hydrogens is 1510 g/mol. The number of rotatable bonds is 26. The minimum Gasteiger partial charge on any atom is -0.445 e. The van der Waals surface area contributed by atoms with Crippen molar-refractivity contribution in [1.82, 2.24) is 9.97 Å². The van der Waals surface area contributed by atoms with Crippen LogP contribution < -0.4 is 0 Å². The SMILES string of the molecule is C=C1/C(=C\C=C2/CCC[C@]3(C)[C@@H]([C@@H](C)/C=C/C=O)CC[C@@H]23)C[C@@H](O[Si](C)(C)C(C)(C)C)C[C@@H]1O[Si](C)(C)C(C)(C)C.C=C1/C(=C\C=C2/CCC[C@]3(C)[C@@H]([C@@H](C)/C=C/[C@@H](O)C4(c5ncc(CCCC)o5)CC4)CC[C@@H]23)C[C@@H](O)C[C@@H]1O.C=C1/C(=C\C=C2/CCC[C@]3(C)[C@@H]([C@@H](C)/C=C/[C@H](O)C4(c5ncc(CCCC)o5)CC4)CC[C@@H]23)C[C@@H](O)C[C@@H]1O. The van der Waals surface area contributed by atoms with E-state index in [0.29, 0.717) is 96.1 Å². The maximum absolute atomic E-state index is 11.2. The Labute approximate surface area is 721 Å². The molecular formula is C104H160N2O11Si2. The van der Waals surface area contributed by atoms with Crippen LogP contribution >= 0.6 is 0 Å². The molecule has 2 aromatic heterocycles. The summed E-state index contributed by atoms with van der Waals surface area (Å²) >= 11 is 0. The van der Waals surface area contributed by atoms with Crippen LogP contribution in [0, 0.1) is 69.5 Å². The van der Waals surface area contributed by atoms with Crippen LogP contribution in [0.25, 0.3) is 0 Å². The zero-order chi connectivity index (χ0) is 86.6. The van der Waals surface area contributed by atoms with E-state index in [-0.39, 0.29) is 43.9 Å². The fourth-order valence-electron chi connectivity index (χ4n) is 23.2. The van der Waals surface area contributed by atoms with Gasteiger partial charge in [-0.15, -0.1) is 0 Å². The predicted molar refractivity (Wildman–Crippen MR) is 491 cm³/mol. The number of unbranched alkanes of at least 4 members (excludes halogenated alkanes) is 2. The number of hydrogen-bond donors (Lipinski definition) is 6.